The van der Waals surface area contributed by atoms with Crippen LogP contribution in [-0.2, 0) is 27.9 Å². The lowest BCUT2D eigenvalue weighted by Crippen LogP contribution is -2.55. The summed E-state index contributed by atoms with van der Waals surface area (Å²) in [5.74, 6) is -1.61. The van der Waals surface area contributed by atoms with E-state index in [1.165, 1.54) is 6.42 Å². The number of carbonyl (C=O) groups excluding carboxylic acids is 4. The van der Waals surface area contributed by atoms with Crippen molar-refractivity contribution in [2.75, 3.05) is 6.54 Å². The van der Waals surface area contributed by atoms with Gasteiger partial charge >= 0.3 is 0 Å². The molecule has 3 aliphatic rings. The minimum atomic E-state index is -0.928. The van der Waals surface area contributed by atoms with Gasteiger partial charge in [0.2, 0.25) is 17.6 Å². The van der Waals surface area contributed by atoms with E-state index in [1.54, 1.807) is 10.6 Å². The molecule has 3 amide bonds. The largest absolute Gasteiger partial charge is 0.379 e. The molecule has 0 bridgehead atoms. The van der Waals surface area contributed by atoms with Gasteiger partial charge in [-0.05, 0) is 42.5 Å². The summed E-state index contributed by atoms with van der Waals surface area (Å²) >= 11 is 0. The number of ketones is 1. The highest BCUT2D eigenvalue weighted by molar-refractivity contribution is 6.06. The van der Waals surface area contributed by atoms with Gasteiger partial charge in [-0.2, -0.15) is 0 Å². The second-order valence-electron chi connectivity index (χ2n) is 11.7. The molecule has 3 atom stereocenters. The topological polar surface area (TPSA) is 121 Å². The molecule has 4 N–H and O–H groups in total. The van der Waals surface area contributed by atoms with Crippen LogP contribution < -0.4 is 21.3 Å². The van der Waals surface area contributed by atoms with Crippen LogP contribution in [0.3, 0.4) is 0 Å². The van der Waals surface area contributed by atoms with E-state index in [1.807, 2.05) is 61.6 Å². The Bertz CT molecular complexity index is 1550. The molecule has 0 unspecified atom stereocenters. The van der Waals surface area contributed by atoms with E-state index in [-0.39, 0.29) is 36.5 Å². The van der Waals surface area contributed by atoms with Crippen LogP contribution in [0.25, 0.3) is 10.9 Å². The molecule has 42 heavy (non-hydrogen) atoms. The number of fused-ring (bicyclic) bond motifs is 2. The van der Waals surface area contributed by atoms with Gasteiger partial charge in [0, 0.05) is 37.0 Å². The second-order valence-corrected chi connectivity index (χ2v) is 11.7. The number of para-hydroxylation sites is 1. The van der Waals surface area contributed by atoms with Crippen LogP contribution in [-0.4, -0.2) is 52.7 Å². The lowest BCUT2D eigenvalue weighted by molar-refractivity contribution is -0.129. The van der Waals surface area contributed by atoms with Gasteiger partial charge in [0.15, 0.2) is 0 Å². The Morgan fingerprint density at radius 2 is 1.74 bits per heavy atom. The van der Waals surface area contributed by atoms with E-state index in [9.17, 15) is 19.2 Å². The maximum absolute atomic E-state index is 13.8. The summed E-state index contributed by atoms with van der Waals surface area (Å²) in [6.45, 7) is 0.350. The first-order valence-corrected chi connectivity index (χ1v) is 14.9. The molecule has 6 rings (SSSR count). The molecule has 2 fully saturated rings. The molecule has 0 spiro atoms. The third-order valence-electron chi connectivity index (χ3n) is 8.90. The Morgan fingerprint density at radius 3 is 2.50 bits per heavy atom. The molecule has 1 aliphatic heterocycles. The third-order valence-corrected chi connectivity index (χ3v) is 8.90. The van der Waals surface area contributed by atoms with Crippen molar-refractivity contribution in [3.63, 3.8) is 0 Å². The van der Waals surface area contributed by atoms with Crippen molar-refractivity contribution in [3.05, 3.63) is 83.2 Å². The minimum absolute atomic E-state index is 0.121. The Morgan fingerprint density at radius 1 is 1.00 bits per heavy atom. The third kappa shape index (κ3) is 5.55. The number of carbonyl (C=O) groups is 4. The number of rotatable bonds is 8. The average molecular weight is 568 g/mol. The Hall–Kier alpha value is -4.40. The van der Waals surface area contributed by atoms with Gasteiger partial charge in [0.25, 0.3) is 5.91 Å². The maximum atomic E-state index is 13.8. The van der Waals surface area contributed by atoms with Crippen LogP contribution in [0.4, 0.5) is 0 Å². The first kappa shape index (κ1) is 27.8. The van der Waals surface area contributed by atoms with Crippen LogP contribution >= 0.6 is 0 Å². The van der Waals surface area contributed by atoms with E-state index in [2.05, 4.69) is 21.3 Å². The summed E-state index contributed by atoms with van der Waals surface area (Å²) in [7, 11) is 1.82. The van der Waals surface area contributed by atoms with Crippen LogP contribution in [0.15, 0.2) is 71.9 Å². The number of aryl methyl sites for hydroxylation is 1. The smallest absolute Gasteiger partial charge is 0.268 e. The molecule has 1 aromatic heterocycles. The number of hydrogen-bond donors (Lipinski definition) is 4. The van der Waals surface area contributed by atoms with Crippen LogP contribution in [0.1, 0.15) is 54.6 Å². The normalized spacial score (nSPS) is 21.5. The minimum Gasteiger partial charge on any atom is -0.379 e. The average Bonchev–Trinajstić information content (AvgIpc) is 3.55. The fourth-order valence-electron chi connectivity index (χ4n) is 6.58. The van der Waals surface area contributed by atoms with Gasteiger partial charge in [-0.25, -0.2) is 0 Å². The number of nitrogens with one attached hydrogen (secondary N) is 4. The van der Waals surface area contributed by atoms with Crippen molar-refractivity contribution in [2.24, 2.45) is 13.0 Å². The van der Waals surface area contributed by atoms with E-state index in [0.29, 0.717) is 17.9 Å². The van der Waals surface area contributed by atoms with Gasteiger partial charge in [-0.1, -0.05) is 67.8 Å². The molecule has 1 saturated heterocycles. The molecule has 2 aromatic carbocycles. The summed E-state index contributed by atoms with van der Waals surface area (Å²) in [4.78, 5) is 53.8. The zero-order chi connectivity index (χ0) is 29.2. The Labute approximate surface area is 245 Å². The van der Waals surface area contributed by atoms with Crippen molar-refractivity contribution >= 4 is 34.4 Å². The van der Waals surface area contributed by atoms with Crippen molar-refractivity contribution in [1.82, 2.24) is 25.8 Å². The predicted molar refractivity (Wildman–Crippen MR) is 159 cm³/mol. The standard InChI is InChI=1S/C33H37N5O4/c1-38-27-15-9-8-12-21(27)17-28(38)33(42)37-26(16-20-10-4-2-5-11-20)32(41)36-25-18-23-24(19-34-31(23)40)29(30(25)39)35-22-13-6-3-7-14-22/h2,4-5,8-12,15,17,22-23,25-26,35H,3,6-7,13-14,16,18-19H2,1H3,(H,34,40)(H,36,41)(H,37,42)/t23-,25+,26+/m1/s1. The summed E-state index contributed by atoms with van der Waals surface area (Å²) < 4.78 is 1.81. The van der Waals surface area contributed by atoms with Gasteiger partial charge < -0.3 is 25.8 Å². The summed E-state index contributed by atoms with van der Waals surface area (Å²) in [5.41, 5.74) is 3.49. The van der Waals surface area contributed by atoms with Crippen molar-refractivity contribution in [2.45, 2.75) is 63.1 Å². The summed E-state index contributed by atoms with van der Waals surface area (Å²) in [6.07, 6.45) is 5.81. The molecule has 0 radical (unpaired) electrons. The number of amides is 3. The summed E-state index contributed by atoms with van der Waals surface area (Å²) in [6, 6.07) is 17.4. The highest BCUT2D eigenvalue weighted by Crippen LogP contribution is 2.32. The molecule has 2 heterocycles. The molecule has 9 heteroatoms. The zero-order valence-electron chi connectivity index (χ0n) is 23.8. The number of nitrogens with zero attached hydrogens (tertiary/aromatic N) is 1. The number of benzene rings is 2. The van der Waals surface area contributed by atoms with Crippen LogP contribution in [0.5, 0.6) is 0 Å². The van der Waals surface area contributed by atoms with Crippen molar-refractivity contribution in [1.29, 1.82) is 0 Å². The highest BCUT2D eigenvalue weighted by atomic mass is 16.2. The predicted octanol–water partition coefficient (Wildman–Crippen LogP) is 2.90. The van der Waals surface area contributed by atoms with Crippen molar-refractivity contribution < 1.29 is 19.2 Å². The number of hydrogen-bond acceptors (Lipinski definition) is 5. The number of Topliss-reactive ketones (excluding diaryl/α,β-unsaturated/α-hetero) is 1. The van der Waals surface area contributed by atoms with Crippen LogP contribution in [0.2, 0.25) is 0 Å². The van der Waals surface area contributed by atoms with E-state index in [0.717, 1.165) is 47.7 Å². The van der Waals surface area contributed by atoms with Crippen molar-refractivity contribution in [3.8, 4) is 0 Å². The maximum Gasteiger partial charge on any atom is 0.268 e. The molecule has 2 aliphatic carbocycles. The fraction of sp³-hybridized carbons (Fsp3) is 0.394. The first-order valence-electron chi connectivity index (χ1n) is 14.9. The van der Waals surface area contributed by atoms with Gasteiger partial charge in [-0.3, -0.25) is 19.2 Å². The summed E-state index contributed by atoms with van der Waals surface area (Å²) in [5, 5.41) is 13.1. The lowest BCUT2D eigenvalue weighted by Gasteiger charge is -2.33. The SMILES string of the molecule is Cn1c(C(=O)N[C@@H](Cc2ccccc2)C(=O)N[C@H]2C[C@H]3C(=O)NCC3=C(NC3CCCCC3)C2=O)cc2ccccc21. The van der Waals surface area contributed by atoms with Gasteiger partial charge in [0.05, 0.1) is 17.7 Å². The number of aromatic nitrogens is 1. The Kier molecular flexibility index (Phi) is 7.82. The van der Waals surface area contributed by atoms with Crippen LogP contribution in [0, 0.1) is 5.92 Å². The lowest BCUT2D eigenvalue weighted by atomic mass is 9.82. The molecule has 9 nitrogen and oxygen atoms in total. The van der Waals surface area contributed by atoms with E-state index in [4.69, 9.17) is 0 Å². The van der Waals surface area contributed by atoms with E-state index >= 15 is 0 Å². The highest BCUT2D eigenvalue weighted by Gasteiger charge is 2.44. The fourth-order valence-corrected chi connectivity index (χ4v) is 6.58. The Balaban J connectivity index is 1.23. The van der Waals surface area contributed by atoms with E-state index < -0.39 is 23.9 Å². The van der Waals surface area contributed by atoms with Gasteiger partial charge in [-0.15, -0.1) is 0 Å². The molecule has 1 saturated carbocycles. The molecular weight excluding hydrogens is 530 g/mol. The molecule has 3 aromatic rings. The first-order chi connectivity index (χ1) is 20.4. The zero-order valence-corrected chi connectivity index (χ0v) is 23.8. The molecular formula is C33H37N5O4. The quantitative estimate of drug-likeness (QED) is 0.334. The van der Waals surface area contributed by atoms with Gasteiger partial charge in [0.1, 0.15) is 11.7 Å². The second kappa shape index (κ2) is 11.8. The monoisotopic (exact) mass is 567 g/mol. The molecule has 218 valence electrons.